The molecule has 0 amide bonds. The zero-order valence-electron chi connectivity index (χ0n) is 27.2. The van der Waals surface area contributed by atoms with Gasteiger partial charge < -0.3 is 11.5 Å². The van der Waals surface area contributed by atoms with E-state index in [1.165, 1.54) is 21.9 Å². The van der Waals surface area contributed by atoms with Gasteiger partial charge in [0.15, 0.2) is 0 Å². The van der Waals surface area contributed by atoms with E-state index in [0.29, 0.717) is 26.3 Å². The van der Waals surface area contributed by atoms with Gasteiger partial charge in [-0.25, -0.2) is 9.97 Å². The second-order valence-corrected chi connectivity index (χ2v) is 27.6. The molecule has 0 radical (unpaired) electrons. The number of nitrogens with zero attached hydrogens (tertiary/aromatic N) is 8. The van der Waals surface area contributed by atoms with Crippen LogP contribution in [0.25, 0.3) is 33.6 Å². The molecule has 0 saturated carbocycles. The number of hydrogen-bond acceptors (Lipinski definition) is 12. The van der Waals surface area contributed by atoms with Gasteiger partial charge in [-0.2, -0.15) is 0 Å². The van der Waals surface area contributed by atoms with Gasteiger partial charge in [0.25, 0.3) is 11.4 Å². The summed E-state index contributed by atoms with van der Waals surface area (Å²) in [6, 6.07) is 14.1. The Labute approximate surface area is 314 Å². The van der Waals surface area contributed by atoms with E-state index >= 15 is 0 Å². The Balaban J connectivity index is 0.000000183. The number of halogens is 3. The molecule has 51 heavy (non-hydrogen) atoms. The Hall–Kier alpha value is -4.84. The molecule has 4 N–H and O–H groups in total. The maximum atomic E-state index is 10.9. The minimum absolute atomic E-state index is 0.0777. The van der Waals surface area contributed by atoms with E-state index in [1.54, 1.807) is 36.9 Å². The van der Waals surface area contributed by atoms with E-state index in [-0.39, 0.29) is 23.0 Å². The molecule has 6 rings (SSSR count). The molecule has 0 unspecified atom stereocenters. The average molecular weight is 899 g/mol. The van der Waals surface area contributed by atoms with E-state index in [1.807, 2.05) is 24.4 Å². The van der Waals surface area contributed by atoms with Gasteiger partial charge in [-0.15, -0.1) is 0 Å². The van der Waals surface area contributed by atoms with Crippen LogP contribution in [0.15, 0.2) is 103 Å². The minimum atomic E-state index is -2.17. The van der Waals surface area contributed by atoms with Crippen molar-refractivity contribution in [2.45, 2.75) is 14.8 Å². The van der Waals surface area contributed by atoms with Gasteiger partial charge in [0, 0.05) is 47.4 Å². The van der Waals surface area contributed by atoms with Crippen LogP contribution >= 0.6 is 39.1 Å². The van der Waals surface area contributed by atoms with Crippen molar-refractivity contribution < 1.29 is 9.85 Å². The molecule has 0 aliphatic rings. The fourth-order valence-electron chi connectivity index (χ4n) is 4.32. The standard InChI is InChI=1S/C15H10ClN5O2.C10H6ClN2.C5H4BrN3O2.3CH3.Sn/c16-13-8-19-14(9-2-1-3-18-6-9)5-11(13)12-4-10(21(22)23)7-20-15(12)17;11-9-3-4-10(13-7-9)8-2-1-5-12-6-8;6-4-1-3(9(10)11)2-8-5(4)7;;;;/h1-8H,(H2,17,20);1-2,4-7H;1-2H,(H2,7,8);3*1H3;. The number of nitrogen functional groups attached to an aromatic ring is 2. The van der Waals surface area contributed by atoms with Gasteiger partial charge in [-0.3, -0.25) is 30.2 Å². The molecule has 6 aromatic heterocycles. The van der Waals surface area contributed by atoms with Crippen molar-refractivity contribution in [3.8, 4) is 33.6 Å². The Bertz CT molecular complexity index is 2180. The van der Waals surface area contributed by atoms with Crippen LogP contribution < -0.4 is 15.0 Å². The molecule has 260 valence electrons. The average Bonchev–Trinajstić information content (AvgIpc) is 3.11. The number of nitro groups is 2. The van der Waals surface area contributed by atoms with Crippen molar-refractivity contribution in [2.24, 2.45) is 0 Å². The zero-order chi connectivity index (χ0) is 37.3. The summed E-state index contributed by atoms with van der Waals surface area (Å²) >= 11 is 13.3. The van der Waals surface area contributed by atoms with E-state index < -0.39 is 28.2 Å². The van der Waals surface area contributed by atoms with Crippen LogP contribution in [-0.2, 0) is 0 Å². The number of nitrogens with two attached hydrogens (primary N) is 2. The quantitative estimate of drug-likeness (QED) is 0.0923. The van der Waals surface area contributed by atoms with Gasteiger partial charge >= 0.3 is 111 Å². The number of aromatic nitrogens is 6. The summed E-state index contributed by atoms with van der Waals surface area (Å²) in [5, 5.41) is 22.2. The molecule has 14 nitrogen and oxygen atoms in total. The summed E-state index contributed by atoms with van der Waals surface area (Å²) < 4.78 is 1.75. The van der Waals surface area contributed by atoms with Crippen LogP contribution in [0.2, 0.25) is 24.9 Å². The fraction of sp³-hybridized carbons (Fsp3) is 0.0909. The van der Waals surface area contributed by atoms with Crippen molar-refractivity contribution in [1.29, 1.82) is 0 Å². The van der Waals surface area contributed by atoms with Crippen molar-refractivity contribution in [2.75, 3.05) is 11.5 Å². The van der Waals surface area contributed by atoms with Crippen LogP contribution in [0.4, 0.5) is 23.0 Å². The van der Waals surface area contributed by atoms with Crippen LogP contribution in [0.3, 0.4) is 0 Å². The van der Waals surface area contributed by atoms with Gasteiger partial charge in [0.1, 0.15) is 24.0 Å². The molecule has 0 bridgehead atoms. The summed E-state index contributed by atoms with van der Waals surface area (Å²) in [5.74, 6) is 0.399. The molecule has 6 heterocycles. The van der Waals surface area contributed by atoms with Crippen molar-refractivity contribution in [3.05, 3.63) is 133 Å². The Morgan fingerprint density at radius 3 is 1.67 bits per heavy atom. The zero-order valence-corrected chi connectivity index (χ0v) is 33.2. The summed E-state index contributed by atoms with van der Waals surface area (Å²) in [5.41, 5.74) is 15.3. The fourth-order valence-corrected chi connectivity index (χ4v) is 10.7. The van der Waals surface area contributed by atoms with Crippen molar-refractivity contribution in [3.63, 3.8) is 0 Å². The topological polar surface area (TPSA) is 216 Å². The number of pyridine rings is 6. The van der Waals surface area contributed by atoms with Crippen LogP contribution in [-0.4, -0.2) is 58.1 Å². The van der Waals surface area contributed by atoms with Crippen molar-refractivity contribution >= 4 is 84.1 Å². The van der Waals surface area contributed by atoms with Gasteiger partial charge in [-0.05, 0) is 34.1 Å². The number of hydrogen-bond donors (Lipinski definition) is 2. The summed E-state index contributed by atoms with van der Waals surface area (Å²) in [6.07, 6.45) is 12.4. The molecule has 0 aliphatic carbocycles. The number of rotatable bonds is 6. The molecule has 0 aromatic carbocycles. The molecule has 6 aromatic rings. The summed E-state index contributed by atoms with van der Waals surface area (Å²) in [7, 11) is 0. The molecule has 0 saturated heterocycles. The van der Waals surface area contributed by atoms with E-state index in [2.05, 4.69) is 66.7 Å². The Morgan fingerprint density at radius 1 is 0.667 bits per heavy atom. The van der Waals surface area contributed by atoms with Crippen molar-refractivity contribution in [1.82, 2.24) is 29.9 Å². The van der Waals surface area contributed by atoms with Crippen LogP contribution in [0.5, 0.6) is 0 Å². The van der Waals surface area contributed by atoms with Gasteiger partial charge in [0.05, 0.1) is 25.0 Å². The predicted molar refractivity (Wildman–Crippen MR) is 205 cm³/mol. The van der Waals surface area contributed by atoms with Crippen LogP contribution in [0, 0.1) is 20.2 Å². The molecular weight excluding hydrogens is 870 g/mol. The van der Waals surface area contributed by atoms with E-state index in [0.717, 1.165) is 34.2 Å². The van der Waals surface area contributed by atoms with E-state index in [4.69, 9.17) is 34.7 Å². The normalized spacial score (nSPS) is 10.6. The first-order valence-electron chi connectivity index (χ1n) is 14.7. The monoisotopic (exact) mass is 898 g/mol. The first kappa shape index (κ1) is 39.0. The second-order valence-electron chi connectivity index (χ2n) is 11.5. The Kier molecular flexibility index (Phi) is 13.3. The maximum absolute atomic E-state index is 10.9. The predicted octanol–water partition coefficient (Wildman–Crippen LogP) is 8.03. The molecule has 0 spiro atoms. The van der Waals surface area contributed by atoms with Gasteiger partial charge in [0.2, 0.25) is 0 Å². The number of anilines is 2. The first-order valence-corrected chi connectivity index (χ1v) is 26.3. The third kappa shape index (κ3) is 10.6. The Morgan fingerprint density at radius 2 is 1.18 bits per heavy atom. The SMILES string of the molecule is Nc1ncc([N+](=O)[O-])cc1-c1cc(-c2cccnc2)ncc1Cl.Nc1ncc([N+](=O)[O-])cc1Br.[CH3][Sn]([CH3])([CH3])[c]1cc(-c2cccnc2)ncc1Cl. The molecular formula is C33H29BrCl2N10O4Sn. The van der Waals surface area contributed by atoms with E-state index in [9.17, 15) is 20.2 Å². The first-order chi connectivity index (χ1) is 24.1. The van der Waals surface area contributed by atoms with Crippen LogP contribution in [0.1, 0.15) is 0 Å². The van der Waals surface area contributed by atoms with Gasteiger partial charge in [-0.1, -0.05) is 11.6 Å². The molecule has 0 aliphatic heterocycles. The summed E-state index contributed by atoms with van der Waals surface area (Å²) in [6.45, 7) is 0. The molecule has 18 heteroatoms. The molecule has 0 atom stereocenters. The summed E-state index contributed by atoms with van der Waals surface area (Å²) in [4.78, 5) is 51.3. The third-order valence-corrected chi connectivity index (χ3v) is 14.4. The third-order valence-electron chi connectivity index (χ3n) is 6.90. The molecule has 0 fully saturated rings. The second kappa shape index (κ2) is 17.4.